The maximum absolute atomic E-state index is 12.5. The fourth-order valence-electron chi connectivity index (χ4n) is 7.43. The Bertz CT molecular complexity index is 2180. The number of nitrogens with one attached hydrogen (secondary N) is 2. The molecule has 3 aliphatic heterocycles. The van der Waals surface area contributed by atoms with Crippen molar-refractivity contribution >= 4 is 39.6 Å². The van der Waals surface area contributed by atoms with Crippen molar-refractivity contribution in [2.45, 2.75) is 62.3 Å². The largest absolute Gasteiger partial charge is 0.497 e. The molecule has 0 amide bonds. The van der Waals surface area contributed by atoms with Gasteiger partial charge in [0.2, 0.25) is 0 Å². The van der Waals surface area contributed by atoms with Crippen molar-refractivity contribution < 1.29 is 9.47 Å². The van der Waals surface area contributed by atoms with E-state index in [0.29, 0.717) is 25.2 Å². The number of likely N-dealkylation sites (tertiary alicyclic amines) is 2. The monoisotopic (exact) mass is 768 g/mol. The average molecular weight is 769 g/mol. The van der Waals surface area contributed by atoms with Crippen LogP contribution in [0.25, 0.3) is 22.1 Å². The summed E-state index contributed by atoms with van der Waals surface area (Å²) in [5.74, 6) is 3.60. The lowest BCUT2D eigenvalue weighted by molar-refractivity contribution is 0.191. The molecule has 2 aromatic carbocycles. The summed E-state index contributed by atoms with van der Waals surface area (Å²) >= 11 is 1.87. The number of hydrogen-bond acceptors (Lipinski definition) is 13. The quantitative estimate of drug-likeness (QED) is 0.180. The van der Waals surface area contributed by atoms with E-state index in [9.17, 15) is 9.59 Å². The number of anilines is 1. The topological polar surface area (TPSA) is 158 Å². The second-order valence-electron chi connectivity index (χ2n) is 14.3. The summed E-state index contributed by atoms with van der Waals surface area (Å²) in [5.41, 5.74) is 10.1. The maximum atomic E-state index is 12.5. The van der Waals surface area contributed by atoms with Gasteiger partial charge in [-0.05, 0) is 88.3 Å². The van der Waals surface area contributed by atoms with Crippen molar-refractivity contribution in [3.05, 3.63) is 87.3 Å². The number of nitrogens with two attached hydrogens (primary N) is 1. The van der Waals surface area contributed by atoms with E-state index in [-0.39, 0.29) is 11.1 Å². The van der Waals surface area contributed by atoms with Gasteiger partial charge in [-0.25, -0.2) is 15.0 Å². The average Bonchev–Trinajstić information content (AvgIpc) is 3.23. The van der Waals surface area contributed by atoms with Crippen molar-refractivity contribution in [3.8, 4) is 11.5 Å². The first-order valence-corrected chi connectivity index (χ1v) is 20.2. The lowest BCUT2D eigenvalue weighted by Crippen LogP contribution is -2.43. The molecule has 14 nitrogen and oxygen atoms in total. The zero-order valence-electron chi connectivity index (χ0n) is 31.8. The summed E-state index contributed by atoms with van der Waals surface area (Å²) in [4.78, 5) is 44.0. The molecule has 0 bridgehead atoms. The van der Waals surface area contributed by atoms with Gasteiger partial charge in [-0.15, -0.1) is 11.8 Å². The van der Waals surface area contributed by atoms with Crippen LogP contribution >= 0.6 is 11.8 Å². The summed E-state index contributed by atoms with van der Waals surface area (Å²) < 4.78 is 14.2. The first-order chi connectivity index (χ1) is 26.9. The van der Waals surface area contributed by atoms with Crippen LogP contribution in [0.4, 0.5) is 5.82 Å². The summed E-state index contributed by atoms with van der Waals surface area (Å²) in [6.45, 7) is 8.82. The number of rotatable bonds is 11. The third-order valence-corrected chi connectivity index (χ3v) is 11.8. The molecular weight excluding hydrogens is 717 g/mol. The fraction of sp³-hybridized carbons (Fsp3) is 0.475. The normalized spacial score (nSPS) is 17.0. The van der Waals surface area contributed by atoms with Crippen LogP contribution in [-0.2, 0) is 19.6 Å². The minimum absolute atomic E-state index is 0.0715. The van der Waals surface area contributed by atoms with Crippen LogP contribution in [-0.4, -0.2) is 112 Å². The van der Waals surface area contributed by atoms with Gasteiger partial charge in [0.15, 0.2) is 0 Å². The first kappa shape index (κ1) is 38.7. The summed E-state index contributed by atoms with van der Waals surface area (Å²) in [6, 6.07) is 16.4. The summed E-state index contributed by atoms with van der Waals surface area (Å²) in [7, 11) is 3.26. The van der Waals surface area contributed by atoms with Gasteiger partial charge < -0.3 is 44.8 Å². The van der Waals surface area contributed by atoms with Gasteiger partial charge in [-0.3, -0.25) is 9.59 Å². The Morgan fingerprint density at radius 2 is 1.35 bits per heavy atom. The maximum Gasteiger partial charge on any atom is 0.269 e. The van der Waals surface area contributed by atoms with E-state index in [4.69, 9.17) is 20.2 Å². The molecule has 0 atom stereocenters. The second kappa shape index (κ2) is 18.4. The molecule has 2 fully saturated rings. The molecule has 0 aliphatic carbocycles. The number of benzene rings is 2. The first-order valence-electron chi connectivity index (χ1n) is 19.2. The van der Waals surface area contributed by atoms with E-state index >= 15 is 0 Å². The van der Waals surface area contributed by atoms with Crippen LogP contribution in [0.5, 0.6) is 11.5 Å². The van der Waals surface area contributed by atoms with Crippen LogP contribution in [0.3, 0.4) is 0 Å². The molecule has 292 valence electrons. The Hall–Kier alpha value is -4.54. The Kier molecular flexibility index (Phi) is 13.0. The molecule has 55 heavy (non-hydrogen) atoms. The number of nitrogens with zero attached hydrogens (tertiary/aromatic N) is 7. The molecule has 5 aromatic rings. The SMILES string of the molecule is COc1ccc2ncc(=O)n(CCN3CCC(N)CC3)c2c1.COc1ccc2ncc(=O)n(CCN3CCC(NCc4ccc5c(n4)NCCS5)CC3)c2c1. The van der Waals surface area contributed by atoms with Gasteiger partial charge in [-0.1, -0.05) is 0 Å². The van der Waals surface area contributed by atoms with Gasteiger partial charge in [0.1, 0.15) is 17.3 Å². The van der Waals surface area contributed by atoms with E-state index < -0.39 is 0 Å². The number of hydrogen-bond donors (Lipinski definition) is 3. The molecule has 3 aromatic heterocycles. The summed E-state index contributed by atoms with van der Waals surface area (Å²) in [6.07, 6.45) is 7.05. The Morgan fingerprint density at radius 1 is 0.782 bits per heavy atom. The van der Waals surface area contributed by atoms with E-state index in [1.807, 2.05) is 52.7 Å². The number of fused-ring (bicyclic) bond motifs is 3. The van der Waals surface area contributed by atoms with E-state index in [1.54, 1.807) is 18.8 Å². The van der Waals surface area contributed by atoms with Crippen LogP contribution in [0.1, 0.15) is 31.4 Å². The summed E-state index contributed by atoms with van der Waals surface area (Å²) in [5, 5.41) is 7.08. The predicted molar refractivity (Wildman–Crippen MR) is 219 cm³/mol. The molecular formula is C40H52N10O4S. The van der Waals surface area contributed by atoms with Crippen LogP contribution < -0.4 is 37.0 Å². The van der Waals surface area contributed by atoms with Gasteiger partial charge in [0, 0.05) is 74.1 Å². The molecule has 6 heterocycles. The minimum atomic E-state index is -0.0746. The third kappa shape index (κ3) is 9.83. The Labute approximate surface area is 325 Å². The second-order valence-corrected chi connectivity index (χ2v) is 15.4. The van der Waals surface area contributed by atoms with Gasteiger partial charge >= 0.3 is 0 Å². The highest BCUT2D eigenvalue weighted by Gasteiger charge is 2.20. The lowest BCUT2D eigenvalue weighted by atomic mass is 10.0. The fourth-order valence-corrected chi connectivity index (χ4v) is 8.27. The standard InChI is InChI=1S/C24H30N6O2S.C16H22N4O2/c1-32-19-3-4-20-21(14-19)30(23(31)16-27-20)12-11-29-9-6-17(7-10-29)26-15-18-2-5-22-24(28-18)25-8-13-33-22;1-22-13-2-3-14-15(10-13)20(16(21)11-18-14)9-8-19-6-4-12(17)5-7-19/h2-5,14,16-17,26H,6-13,15H2,1H3,(H,25,28);2-3,10-12H,4-9,17H2,1H3. The lowest BCUT2D eigenvalue weighted by Gasteiger charge is -2.32. The highest BCUT2D eigenvalue weighted by molar-refractivity contribution is 7.99. The number of methoxy groups -OCH3 is 2. The Balaban J connectivity index is 0.000000184. The molecule has 0 radical (unpaired) electrons. The van der Waals surface area contributed by atoms with E-state index in [2.05, 4.69) is 42.5 Å². The van der Waals surface area contributed by atoms with Crippen LogP contribution in [0.15, 0.2) is 75.4 Å². The molecule has 3 aliphatic rings. The molecule has 0 spiro atoms. The minimum Gasteiger partial charge on any atom is -0.497 e. The third-order valence-electron chi connectivity index (χ3n) is 10.7. The molecule has 0 saturated carbocycles. The van der Waals surface area contributed by atoms with E-state index in [0.717, 1.165) is 129 Å². The highest BCUT2D eigenvalue weighted by Crippen LogP contribution is 2.29. The number of aromatic nitrogens is 5. The van der Waals surface area contributed by atoms with Gasteiger partial charge in [0.05, 0.1) is 54.4 Å². The van der Waals surface area contributed by atoms with Crippen LogP contribution in [0.2, 0.25) is 0 Å². The predicted octanol–water partition coefficient (Wildman–Crippen LogP) is 3.40. The number of ether oxygens (including phenoxy) is 2. The molecule has 0 unspecified atom stereocenters. The molecule has 2 saturated heterocycles. The van der Waals surface area contributed by atoms with Crippen molar-refractivity contribution in [1.29, 1.82) is 0 Å². The van der Waals surface area contributed by atoms with Crippen molar-refractivity contribution in [1.82, 2.24) is 39.2 Å². The number of pyridine rings is 1. The van der Waals surface area contributed by atoms with Crippen molar-refractivity contribution in [2.24, 2.45) is 5.73 Å². The zero-order valence-corrected chi connectivity index (χ0v) is 32.6. The zero-order chi connectivity index (χ0) is 38.1. The Morgan fingerprint density at radius 3 is 1.91 bits per heavy atom. The molecule has 4 N–H and O–H groups in total. The smallest absolute Gasteiger partial charge is 0.269 e. The highest BCUT2D eigenvalue weighted by atomic mass is 32.2. The van der Waals surface area contributed by atoms with Gasteiger partial charge in [-0.2, -0.15) is 0 Å². The van der Waals surface area contributed by atoms with E-state index in [1.165, 1.54) is 17.3 Å². The molecule has 8 rings (SSSR count). The number of piperidine rings is 2. The van der Waals surface area contributed by atoms with Crippen LogP contribution in [0, 0.1) is 0 Å². The van der Waals surface area contributed by atoms with Crippen molar-refractivity contribution in [3.63, 3.8) is 0 Å². The number of thioether (sulfide) groups is 1. The van der Waals surface area contributed by atoms with Crippen molar-refractivity contribution in [2.75, 3.05) is 71.1 Å². The molecule has 15 heteroatoms. The van der Waals surface area contributed by atoms with Gasteiger partial charge in [0.25, 0.3) is 11.1 Å².